The average Bonchev–Trinajstić information content (AvgIpc) is 3.02. The van der Waals surface area contributed by atoms with Crippen LogP contribution in [-0.2, 0) is 24.3 Å². The smallest absolute Gasteiger partial charge is 0.243 e. The van der Waals surface area contributed by atoms with Gasteiger partial charge >= 0.3 is 0 Å². The van der Waals surface area contributed by atoms with Crippen molar-refractivity contribution in [2.45, 2.75) is 37.0 Å². The number of nitrogens with one attached hydrogen (secondary N) is 2. The Morgan fingerprint density at radius 2 is 1.78 bits per heavy atom. The van der Waals surface area contributed by atoms with Crippen LogP contribution in [0.25, 0.3) is 0 Å². The largest absolute Gasteiger partial charge is 0.385 e. The minimum absolute atomic E-state index is 0.0507. The molecule has 1 fully saturated rings. The molecule has 2 amide bonds. The first-order valence-electron chi connectivity index (χ1n) is 10.8. The molecule has 0 unspecified atom stereocenters. The second kappa shape index (κ2) is 13.1. The quantitative estimate of drug-likeness (QED) is 0.461. The zero-order chi connectivity index (χ0) is 23.6. The maximum absolute atomic E-state index is 13.0. The van der Waals surface area contributed by atoms with Crippen LogP contribution >= 0.6 is 11.6 Å². The van der Waals surface area contributed by atoms with Crippen molar-refractivity contribution in [3.63, 3.8) is 0 Å². The first-order valence-corrected chi connectivity index (χ1v) is 12.6. The molecule has 2 N–H and O–H groups in total. The molecule has 0 radical (unpaired) electrons. The Balaban J connectivity index is 1.95. The van der Waals surface area contributed by atoms with Crippen LogP contribution in [0.4, 0.5) is 5.69 Å². The number of carbonyl (C=O) groups excluding carboxylic acids is 2. The predicted molar refractivity (Wildman–Crippen MR) is 124 cm³/mol. The summed E-state index contributed by atoms with van der Waals surface area (Å²) in [6, 6.07) is 4.32. The van der Waals surface area contributed by atoms with E-state index in [2.05, 4.69) is 10.6 Å². The number of methoxy groups -OCH3 is 1. The molecule has 0 saturated carbocycles. The second-order valence-corrected chi connectivity index (χ2v) is 10.2. The Morgan fingerprint density at radius 1 is 1.12 bits per heavy atom. The van der Waals surface area contributed by atoms with Crippen molar-refractivity contribution in [2.24, 2.45) is 0 Å². The zero-order valence-corrected chi connectivity index (χ0v) is 20.3. The molecular weight excluding hydrogens is 456 g/mol. The highest BCUT2D eigenvalue weighted by atomic mass is 35.5. The summed E-state index contributed by atoms with van der Waals surface area (Å²) >= 11 is 6.19. The van der Waals surface area contributed by atoms with Crippen LogP contribution in [0.1, 0.15) is 32.1 Å². The fourth-order valence-corrected chi connectivity index (χ4v) is 5.14. The van der Waals surface area contributed by atoms with E-state index < -0.39 is 15.9 Å². The van der Waals surface area contributed by atoms with E-state index in [9.17, 15) is 18.0 Å². The van der Waals surface area contributed by atoms with Gasteiger partial charge in [-0.1, -0.05) is 24.4 Å². The Labute approximate surface area is 195 Å². The molecule has 9 nitrogen and oxygen atoms in total. The van der Waals surface area contributed by atoms with E-state index in [1.807, 2.05) is 0 Å². The number of likely N-dealkylation sites (N-methyl/N-ethyl adjacent to an activating group) is 1. The van der Waals surface area contributed by atoms with E-state index in [0.29, 0.717) is 32.7 Å². The third-order valence-electron chi connectivity index (χ3n) is 5.09. The van der Waals surface area contributed by atoms with Gasteiger partial charge in [-0.25, -0.2) is 8.42 Å². The van der Waals surface area contributed by atoms with Gasteiger partial charge in [0.25, 0.3) is 0 Å². The number of nitrogens with zero attached hydrogens (tertiary/aromatic N) is 2. The van der Waals surface area contributed by atoms with Crippen LogP contribution in [0.15, 0.2) is 23.1 Å². The van der Waals surface area contributed by atoms with E-state index in [1.54, 1.807) is 19.1 Å². The number of ether oxygens (including phenoxy) is 1. The third-order valence-corrected chi connectivity index (χ3v) is 7.31. The Morgan fingerprint density at radius 3 is 2.44 bits per heavy atom. The Kier molecular flexibility index (Phi) is 10.9. The molecule has 1 heterocycles. The van der Waals surface area contributed by atoms with Crippen LogP contribution in [0.5, 0.6) is 0 Å². The summed E-state index contributed by atoms with van der Waals surface area (Å²) in [4.78, 5) is 26.0. The summed E-state index contributed by atoms with van der Waals surface area (Å²) in [6.07, 6.45) is 4.42. The number of anilines is 1. The summed E-state index contributed by atoms with van der Waals surface area (Å²) in [5.74, 6) is -0.592. The molecule has 1 aromatic rings. The van der Waals surface area contributed by atoms with E-state index in [-0.39, 0.29) is 34.6 Å². The lowest BCUT2D eigenvalue weighted by Gasteiger charge is -2.21. The monoisotopic (exact) mass is 488 g/mol. The number of benzene rings is 1. The predicted octanol–water partition coefficient (Wildman–Crippen LogP) is 1.93. The summed E-state index contributed by atoms with van der Waals surface area (Å²) in [6.45, 7) is 2.05. The molecule has 0 aliphatic carbocycles. The maximum atomic E-state index is 13.0. The van der Waals surface area contributed by atoms with Crippen molar-refractivity contribution < 1.29 is 22.7 Å². The lowest BCUT2D eigenvalue weighted by molar-refractivity contribution is -0.123. The van der Waals surface area contributed by atoms with Gasteiger partial charge in [0.05, 0.1) is 28.7 Å². The lowest BCUT2D eigenvalue weighted by Crippen LogP contribution is -2.39. The molecule has 1 aromatic carbocycles. The highest BCUT2D eigenvalue weighted by Gasteiger charge is 2.26. The van der Waals surface area contributed by atoms with Gasteiger partial charge in [-0.15, -0.1) is 0 Å². The number of sulfonamides is 1. The molecule has 11 heteroatoms. The molecular formula is C21H33ClN4O5S. The van der Waals surface area contributed by atoms with E-state index in [0.717, 1.165) is 25.7 Å². The highest BCUT2D eigenvalue weighted by molar-refractivity contribution is 7.89. The number of halogens is 1. The molecule has 0 spiro atoms. The average molecular weight is 489 g/mol. The fraction of sp³-hybridized carbons (Fsp3) is 0.619. The molecule has 32 heavy (non-hydrogen) atoms. The first kappa shape index (κ1) is 26.5. The highest BCUT2D eigenvalue weighted by Crippen LogP contribution is 2.28. The fourth-order valence-electron chi connectivity index (χ4n) is 3.43. The van der Waals surface area contributed by atoms with Crippen LogP contribution in [0.3, 0.4) is 0 Å². The number of rotatable bonds is 11. The second-order valence-electron chi connectivity index (χ2n) is 7.88. The van der Waals surface area contributed by atoms with E-state index >= 15 is 0 Å². The summed E-state index contributed by atoms with van der Waals surface area (Å²) in [5, 5.41) is 5.66. The number of carbonyl (C=O) groups is 2. The van der Waals surface area contributed by atoms with Crippen LogP contribution in [0.2, 0.25) is 5.02 Å². The number of amides is 2. The van der Waals surface area contributed by atoms with Crippen LogP contribution in [-0.4, -0.2) is 82.9 Å². The molecule has 2 rings (SSSR count). The summed E-state index contributed by atoms with van der Waals surface area (Å²) in [7, 11) is -0.415. The van der Waals surface area contributed by atoms with Gasteiger partial charge in [-0.2, -0.15) is 4.31 Å². The van der Waals surface area contributed by atoms with E-state index in [4.69, 9.17) is 16.3 Å². The van der Waals surface area contributed by atoms with Crippen molar-refractivity contribution in [3.05, 3.63) is 23.2 Å². The van der Waals surface area contributed by atoms with Crippen molar-refractivity contribution in [1.29, 1.82) is 0 Å². The minimum Gasteiger partial charge on any atom is -0.385 e. The Hall–Kier alpha value is -1.72. The van der Waals surface area contributed by atoms with Crippen molar-refractivity contribution in [2.75, 3.05) is 58.8 Å². The van der Waals surface area contributed by atoms with Gasteiger partial charge in [-0.3, -0.25) is 14.5 Å². The number of hydrogen-bond donors (Lipinski definition) is 2. The van der Waals surface area contributed by atoms with E-state index in [1.165, 1.54) is 22.5 Å². The molecule has 0 aromatic heterocycles. The van der Waals surface area contributed by atoms with Gasteiger partial charge in [0.2, 0.25) is 21.8 Å². The normalized spacial score (nSPS) is 15.4. The van der Waals surface area contributed by atoms with Crippen molar-refractivity contribution >= 4 is 39.1 Å². The van der Waals surface area contributed by atoms with Gasteiger partial charge < -0.3 is 15.4 Å². The Bertz CT molecular complexity index is 873. The molecule has 1 aliphatic heterocycles. The van der Waals surface area contributed by atoms with Crippen molar-refractivity contribution in [1.82, 2.24) is 14.5 Å². The van der Waals surface area contributed by atoms with Gasteiger partial charge in [0.15, 0.2) is 0 Å². The molecule has 1 aliphatic rings. The SMILES string of the molecule is COCCCNC(=O)CN(C)CC(=O)Nc1cc(S(=O)(=O)N2CCCCCC2)ccc1Cl. The van der Waals surface area contributed by atoms with Gasteiger partial charge in [0, 0.05) is 33.4 Å². The van der Waals surface area contributed by atoms with Gasteiger partial charge in [-0.05, 0) is 44.5 Å². The minimum atomic E-state index is -3.66. The number of hydrogen-bond acceptors (Lipinski definition) is 6. The summed E-state index contributed by atoms with van der Waals surface area (Å²) in [5.41, 5.74) is 0.227. The van der Waals surface area contributed by atoms with Crippen LogP contribution in [0, 0.1) is 0 Å². The summed E-state index contributed by atoms with van der Waals surface area (Å²) < 4.78 is 32.5. The lowest BCUT2D eigenvalue weighted by atomic mass is 10.2. The maximum Gasteiger partial charge on any atom is 0.243 e. The van der Waals surface area contributed by atoms with Crippen molar-refractivity contribution in [3.8, 4) is 0 Å². The molecule has 180 valence electrons. The van der Waals surface area contributed by atoms with Crippen LogP contribution < -0.4 is 10.6 Å². The zero-order valence-electron chi connectivity index (χ0n) is 18.7. The standard InChI is InChI=1S/C21H33ClN4O5S/c1-25(15-20(27)23-10-7-13-31-2)16-21(28)24-19-14-17(8-9-18(19)22)32(29,30)26-11-5-3-4-6-12-26/h8-9,14H,3-7,10-13,15-16H2,1-2H3,(H,23,27)(H,24,28). The molecule has 0 bridgehead atoms. The molecule has 1 saturated heterocycles. The van der Waals surface area contributed by atoms with Gasteiger partial charge in [0.1, 0.15) is 0 Å². The molecule has 0 atom stereocenters. The topological polar surface area (TPSA) is 108 Å². The third kappa shape index (κ3) is 8.32. The first-order chi connectivity index (χ1) is 15.2.